The van der Waals surface area contributed by atoms with Crippen LogP contribution in [-0.4, -0.2) is 65.5 Å². The van der Waals surface area contributed by atoms with Crippen molar-refractivity contribution in [1.29, 1.82) is 0 Å². The Kier molecular flexibility index (Phi) is 6.80. The van der Waals surface area contributed by atoms with Gasteiger partial charge in [-0.05, 0) is 99.1 Å². The molecule has 3 aliphatic heterocycles. The summed E-state index contributed by atoms with van der Waals surface area (Å²) < 4.78 is 5.70. The van der Waals surface area contributed by atoms with E-state index in [4.69, 9.17) is 29.2 Å². The van der Waals surface area contributed by atoms with E-state index in [1.165, 1.54) is 36.8 Å². The summed E-state index contributed by atoms with van der Waals surface area (Å²) in [6.07, 6.45) is 6.21. The molecule has 1 atom stereocenters. The Bertz CT molecular complexity index is 765. The fourth-order valence-electron chi connectivity index (χ4n) is 5.07. The fourth-order valence-corrected chi connectivity index (χ4v) is 5.61. The molecule has 3 fully saturated rings. The van der Waals surface area contributed by atoms with Crippen molar-refractivity contribution >= 4 is 40.3 Å². The van der Waals surface area contributed by atoms with E-state index >= 15 is 0 Å². The molecule has 0 saturated carbocycles. The number of anilines is 1. The maximum Gasteiger partial charge on any atom is 0.173 e. The van der Waals surface area contributed by atoms with E-state index in [2.05, 4.69) is 52.5 Å². The Hall–Kier alpha value is -1.44. The van der Waals surface area contributed by atoms with Gasteiger partial charge in [0, 0.05) is 45.0 Å². The molecule has 1 aromatic rings. The smallest absolute Gasteiger partial charge is 0.173 e. The lowest BCUT2D eigenvalue weighted by Gasteiger charge is -2.40. The zero-order valence-corrected chi connectivity index (χ0v) is 19.8. The van der Waals surface area contributed by atoms with E-state index in [0.29, 0.717) is 11.5 Å². The number of aryl methyl sites for hydroxylation is 2. The average Bonchev–Trinajstić information content (AvgIpc) is 3.36. The van der Waals surface area contributed by atoms with Crippen LogP contribution in [-0.2, 0) is 4.74 Å². The molecule has 164 valence electrons. The van der Waals surface area contributed by atoms with Gasteiger partial charge in [-0.15, -0.1) is 0 Å². The topological polar surface area (TPSA) is 39.8 Å². The molecule has 7 heteroatoms. The molecule has 2 N–H and O–H groups in total. The number of nitrogens with one attached hydrogen (secondary N) is 2. The van der Waals surface area contributed by atoms with Crippen molar-refractivity contribution in [2.45, 2.75) is 52.1 Å². The van der Waals surface area contributed by atoms with Crippen molar-refractivity contribution in [1.82, 2.24) is 15.1 Å². The molecule has 0 radical (unpaired) electrons. The van der Waals surface area contributed by atoms with Crippen molar-refractivity contribution in [3.8, 4) is 0 Å². The molecule has 5 nitrogen and oxygen atoms in total. The number of hydrogen-bond donors (Lipinski definition) is 2. The standard InChI is InChI=1S/C23H34N4OS2/c1-17-12-18(2)14-19(13-17)25-22(30)26-8-5-23(6-9-26)7-10-27(16-23)21(29)24-15-20-4-3-11-28-20/h12-14,20H,3-11,15-16H2,1-2H3,(H,24,29)(H,25,30). The van der Waals surface area contributed by atoms with E-state index in [-0.39, 0.29) is 0 Å². The third-order valence-electron chi connectivity index (χ3n) is 6.81. The zero-order valence-electron chi connectivity index (χ0n) is 18.2. The SMILES string of the molecule is Cc1cc(C)cc(NC(=S)N2CCC3(CCN(C(=S)NCC4CCCO4)C3)CC2)c1. The first kappa shape index (κ1) is 21.8. The second kappa shape index (κ2) is 9.37. The number of rotatable bonds is 3. The van der Waals surface area contributed by atoms with Crippen LogP contribution >= 0.6 is 24.4 Å². The van der Waals surface area contributed by atoms with Gasteiger partial charge in [-0.3, -0.25) is 0 Å². The second-order valence-corrected chi connectivity index (χ2v) is 10.1. The van der Waals surface area contributed by atoms with Gasteiger partial charge >= 0.3 is 0 Å². The van der Waals surface area contributed by atoms with Crippen LogP contribution in [0.25, 0.3) is 0 Å². The van der Waals surface area contributed by atoms with Crippen LogP contribution in [0.2, 0.25) is 0 Å². The highest BCUT2D eigenvalue weighted by Gasteiger charge is 2.41. The molecule has 1 aromatic carbocycles. The minimum absolute atomic E-state index is 0.327. The molecule has 3 heterocycles. The van der Waals surface area contributed by atoms with Gasteiger partial charge in [0.1, 0.15) is 0 Å². The maximum atomic E-state index is 5.72. The minimum atomic E-state index is 0.327. The molecule has 30 heavy (non-hydrogen) atoms. The third kappa shape index (κ3) is 5.24. The summed E-state index contributed by atoms with van der Waals surface area (Å²) in [7, 11) is 0. The predicted molar refractivity (Wildman–Crippen MR) is 131 cm³/mol. The van der Waals surface area contributed by atoms with Crippen LogP contribution in [0.3, 0.4) is 0 Å². The van der Waals surface area contributed by atoms with Crippen LogP contribution in [0, 0.1) is 19.3 Å². The Morgan fingerprint density at radius 3 is 2.33 bits per heavy atom. The quantitative estimate of drug-likeness (QED) is 0.684. The van der Waals surface area contributed by atoms with Crippen molar-refractivity contribution in [3.63, 3.8) is 0 Å². The Labute approximate surface area is 191 Å². The normalized spacial score (nSPS) is 23.1. The van der Waals surface area contributed by atoms with E-state index < -0.39 is 0 Å². The Morgan fingerprint density at radius 1 is 1.03 bits per heavy atom. The Morgan fingerprint density at radius 2 is 1.70 bits per heavy atom. The fraction of sp³-hybridized carbons (Fsp3) is 0.652. The number of thiocarbonyl (C=S) groups is 2. The summed E-state index contributed by atoms with van der Waals surface area (Å²) in [6.45, 7) is 10.1. The first-order valence-corrected chi connectivity index (χ1v) is 12.0. The molecule has 1 spiro atoms. The van der Waals surface area contributed by atoms with Crippen LogP contribution < -0.4 is 10.6 Å². The van der Waals surface area contributed by atoms with Gasteiger partial charge < -0.3 is 25.2 Å². The summed E-state index contributed by atoms with van der Waals surface area (Å²) in [5, 5.41) is 8.64. The summed E-state index contributed by atoms with van der Waals surface area (Å²) in [6, 6.07) is 6.50. The van der Waals surface area contributed by atoms with Crippen LogP contribution in [0.5, 0.6) is 0 Å². The number of likely N-dealkylation sites (tertiary alicyclic amines) is 2. The van der Waals surface area contributed by atoms with Crippen LogP contribution in [0.1, 0.15) is 43.2 Å². The van der Waals surface area contributed by atoms with E-state index in [1.54, 1.807) is 0 Å². The number of benzene rings is 1. The predicted octanol–water partition coefficient (Wildman–Crippen LogP) is 3.84. The largest absolute Gasteiger partial charge is 0.376 e. The number of hydrogen-bond acceptors (Lipinski definition) is 3. The molecule has 1 unspecified atom stereocenters. The molecule has 0 amide bonds. The van der Waals surface area contributed by atoms with Gasteiger partial charge in [-0.25, -0.2) is 0 Å². The van der Waals surface area contributed by atoms with E-state index in [9.17, 15) is 0 Å². The van der Waals surface area contributed by atoms with Crippen molar-refractivity contribution in [3.05, 3.63) is 29.3 Å². The summed E-state index contributed by atoms with van der Waals surface area (Å²) in [5.74, 6) is 0. The lowest BCUT2D eigenvalue weighted by atomic mass is 9.78. The van der Waals surface area contributed by atoms with Gasteiger partial charge in [0.05, 0.1) is 6.10 Å². The highest BCUT2D eigenvalue weighted by molar-refractivity contribution is 7.80. The van der Waals surface area contributed by atoms with Crippen LogP contribution in [0.4, 0.5) is 5.69 Å². The monoisotopic (exact) mass is 446 g/mol. The van der Waals surface area contributed by atoms with Gasteiger partial charge in [0.15, 0.2) is 10.2 Å². The molecule has 3 saturated heterocycles. The summed E-state index contributed by atoms with van der Waals surface area (Å²) in [4.78, 5) is 4.70. The molecular formula is C23H34N4OS2. The van der Waals surface area contributed by atoms with E-state index in [1.807, 2.05) is 0 Å². The van der Waals surface area contributed by atoms with Gasteiger partial charge in [-0.2, -0.15) is 0 Å². The zero-order chi connectivity index (χ0) is 21.1. The summed E-state index contributed by atoms with van der Waals surface area (Å²) >= 11 is 11.4. The van der Waals surface area contributed by atoms with Crippen molar-refractivity contribution < 1.29 is 4.74 Å². The highest BCUT2D eigenvalue weighted by Crippen LogP contribution is 2.40. The van der Waals surface area contributed by atoms with Gasteiger partial charge in [0.2, 0.25) is 0 Å². The third-order valence-corrected chi connectivity index (χ3v) is 7.58. The van der Waals surface area contributed by atoms with Crippen molar-refractivity contribution in [2.24, 2.45) is 5.41 Å². The highest BCUT2D eigenvalue weighted by atomic mass is 32.1. The van der Waals surface area contributed by atoms with Crippen molar-refractivity contribution in [2.75, 3.05) is 44.6 Å². The molecule has 0 bridgehead atoms. The first-order chi connectivity index (χ1) is 14.4. The van der Waals surface area contributed by atoms with Crippen LogP contribution in [0.15, 0.2) is 18.2 Å². The number of nitrogens with zero attached hydrogens (tertiary/aromatic N) is 2. The number of ether oxygens (including phenoxy) is 1. The average molecular weight is 447 g/mol. The number of piperidine rings is 1. The Balaban J connectivity index is 1.24. The van der Waals surface area contributed by atoms with E-state index in [0.717, 1.165) is 61.7 Å². The lowest BCUT2D eigenvalue weighted by Crippen LogP contribution is -2.47. The van der Waals surface area contributed by atoms with Gasteiger partial charge in [-0.1, -0.05) is 6.07 Å². The minimum Gasteiger partial charge on any atom is -0.376 e. The molecule has 4 rings (SSSR count). The van der Waals surface area contributed by atoms with Gasteiger partial charge in [0.25, 0.3) is 0 Å². The summed E-state index contributed by atoms with van der Waals surface area (Å²) in [5.41, 5.74) is 3.98. The molecular weight excluding hydrogens is 412 g/mol. The maximum absolute atomic E-state index is 5.72. The lowest BCUT2D eigenvalue weighted by molar-refractivity contribution is 0.113. The first-order valence-electron chi connectivity index (χ1n) is 11.2. The molecule has 0 aromatic heterocycles. The molecule has 3 aliphatic rings. The molecule has 0 aliphatic carbocycles. The second-order valence-electron chi connectivity index (χ2n) is 9.29.